The van der Waals surface area contributed by atoms with Crippen LogP contribution in [0.15, 0.2) is 45.1 Å². The summed E-state index contributed by atoms with van der Waals surface area (Å²) in [6.07, 6.45) is 1.99. The Hall–Kier alpha value is -2.32. The monoisotopic (exact) mass is 403 g/mol. The summed E-state index contributed by atoms with van der Waals surface area (Å²) in [6, 6.07) is 9.26. The third-order valence-corrected chi connectivity index (χ3v) is 6.02. The number of thiazole rings is 1. The fourth-order valence-corrected chi connectivity index (χ4v) is 3.89. The largest absolute Gasteiger partial charge is 0.484 e. The zero-order valence-electron chi connectivity index (χ0n) is 15.6. The van der Waals surface area contributed by atoms with Gasteiger partial charge in [0.2, 0.25) is 0 Å². The summed E-state index contributed by atoms with van der Waals surface area (Å²) < 4.78 is 11.1. The molecule has 8 heteroatoms. The zero-order chi connectivity index (χ0) is 19.4. The smallest absolute Gasteiger partial charge is 0.276 e. The van der Waals surface area contributed by atoms with Crippen molar-refractivity contribution >= 4 is 29.0 Å². The van der Waals surface area contributed by atoms with Crippen LogP contribution in [0.3, 0.4) is 0 Å². The van der Waals surface area contributed by atoms with Crippen LogP contribution in [0, 0.1) is 6.92 Å². The highest BCUT2D eigenvalue weighted by Crippen LogP contribution is 2.28. The Morgan fingerprint density at radius 3 is 2.89 bits per heavy atom. The highest BCUT2D eigenvalue weighted by molar-refractivity contribution is 7.98. The molecule has 0 spiro atoms. The lowest BCUT2D eigenvalue weighted by atomic mass is 10.2. The Morgan fingerprint density at radius 1 is 1.41 bits per heavy atom. The molecule has 0 aliphatic heterocycles. The van der Waals surface area contributed by atoms with Crippen molar-refractivity contribution < 1.29 is 14.1 Å². The normalized spacial score (nSPS) is 12.0. The Labute approximate surface area is 166 Å². The first kappa shape index (κ1) is 19.4. The van der Waals surface area contributed by atoms with E-state index in [-0.39, 0.29) is 24.2 Å². The number of carbonyl (C=O) groups excluding carboxylic acids is 1. The molecule has 0 fully saturated rings. The average molecular weight is 404 g/mol. The van der Waals surface area contributed by atoms with Gasteiger partial charge in [-0.2, -0.15) is 0 Å². The summed E-state index contributed by atoms with van der Waals surface area (Å²) in [7, 11) is 1.74. The molecule has 0 saturated carbocycles. The molecule has 142 valence electrons. The topological polar surface area (TPSA) is 68.5 Å². The summed E-state index contributed by atoms with van der Waals surface area (Å²) in [5, 5.41) is 6.77. The molecule has 0 radical (unpaired) electrons. The van der Waals surface area contributed by atoms with E-state index in [0.29, 0.717) is 5.76 Å². The van der Waals surface area contributed by atoms with Crippen molar-refractivity contribution in [2.45, 2.75) is 31.4 Å². The van der Waals surface area contributed by atoms with E-state index in [0.717, 1.165) is 21.3 Å². The number of carbonyl (C=O) groups is 1. The average Bonchev–Trinajstić information content (AvgIpc) is 3.34. The first-order valence-electron chi connectivity index (χ1n) is 8.40. The highest BCUT2D eigenvalue weighted by Gasteiger charge is 2.24. The third-order valence-electron chi connectivity index (χ3n) is 4.11. The molecule has 0 saturated heterocycles. The second-order valence-electron chi connectivity index (χ2n) is 6.04. The maximum absolute atomic E-state index is 12.7. The summed E-state index contributed by atoms with van der Waals surface area (Å²) in [6.45, 7) is 4.09. The van der Waals surface area contributed by atoms with Gasteiger partial charge in [-0.05, 0) is 32.2 Å². The fourth-order valence-electron chi connectivity index (χ4n) is 2.46. The highest BCUT2D eigenvalue weighted by atomic mass is 32.2. The minimum absolute atomic E-state index is 0.138. The van der Waals surface area contributed by atoms with Crippen molar-refractivity contribution in [2.24, 2.45) is 0 Å². The molecule has 2 aromatic heterocycles. The van der Waals surface area contributed by atoms with Gasteiger partial charge in [-0.1, -0.05) is 17.3 Å². The number of para-hydroxylation sites is 1. The summed E-state index contributed by atoms with van der Waals surface area (Å²) in [5.74, 6) is 1.06. The van der Waals surface area contributed by atoms with E-state index < -0.39 is 0 Å². The molecule has 1 amide bonds. The number of ether oxygens (including phenoxy) is 1. The maximum atomic E-state index is 12.7. The Kier molecular flexibility index (Phi) is 6.18. The first-order chi connectivity index (χ1) is 13.0. The second-order valence-corrected chi connectivity index (χ2v) is 7.77. The van der Waals surface area contributed by atoms with Crippen LogP contribution in [0.5, 0.6) is 5.75 Å². The van der Waals surface area contributed by atoms with Crippen LogP contribution in [0.1, 0.15) is 39.9 Å². The van der Waals surface area contributed by atoms with Gasteiger partial charge in [0.15, 0.2) is 11.5 Å². The van der Waals surface area contributed by atoms with Crippen molar-refractivity contribution in [3.63, 3.8) is 0 Å². The number of hydrogen-bond acceptors (Lipinski definition) is 7. The van der Waals surface area contributed by atoms with Gasteiger partial charge in [0.25, 0.3) is 5.91 Å². The van der Waals surface area contributed by atoms with Crippen LogP contribution in [-0.2, 0) is 6.61 Å². The van der Waals surface area contributed by atoms with Crippen LogP contribution in [0.25, 0.3) is 0 Å². The zero-order valence-corrected chi connectivity index (χ0v) is 17.3. The van der Waals surface area contributed by atoms with Crippen LogP contribution in [0.2, 0.25) is 0 Å². The quantitative estimate of drug-likeness (QED) is 0.538. The minimum Gasteiger partial charge on any atom is -0.484 e. The van der Waals surface area contributed by atoms with E-state index in [1.807, 2.05) is 49.7 Å². The molecule has 0 unspecified atom stereocenters. The molecule has 0 bridgehead atoms. The number of thioether (sulfide) groups is 1. The van der Waals surface area contributed by atoms with Crippen molar-refractivity contribution in [2.75, 3.05) is 13.3 Å². The number of nitrogens with zero attached hydrogens (tertiary/aromatic N) is 3. The molecule has 3 aromatic rings. The number of aromatic nitrogens is 2. The molecular weight excluding hydrogens is 382 g/mol. The van der Waals surface area contributed by atoms with E-state index in [4.69, 9.17) is 9.26 Å². The van der Waals surface area contributed by atoms with Crippen LogP contribution in [0.4, 0.5) is 0 Å². The number of hydrogen-bond donors (Lipinski definition) is 0. The lowest BCUT2D eigenvalue weighted by Crippen LogP contribution is -2.29. The molecule has 6 nitrogen and oxygen atoms in total. The van der Waals surface area contributed by atoms with E-state index in [1.165, 1.54) is 0 Å². The third kappa shape index (κ3) is 4.51. The van der Waals surface area contributed by atoms with Gasteiger partial charge in [-0.15, -0.1) is 23.1 Å². The van der Waals surface area contributed by atoms with Crippen molar-refractivity contribution in [3.05, 3.63) is 57.9 Å². The Balaban J connectivity index is 1.65. The first-order valence-corrected chi connectivity index (χ1v) is 10.5. The van der Waals surface area contributed by atoms with Crippen molar-refractivity contribution in [1.82, 2.24) is 15.0 Å². The number of benzene rings is 1. The van der Waals surface area contributed by atoms with Crippen LogP contribution < -0.4 is 4.74 Å². The van der Waals surface area contributed by atoms with Gasteiger partial charge in [0.1, 0.15) is 17.4 Å². The number of rotatable bonds is 7. The standard InChI is InChI=1S/C19H21N3O3S2/c1-12-11-27-18(20-12)13(2)22(3)19(23)15-9-14(25-21-15)10-24-16-7-5-6-8-17(16)26-4/h5-9,11,13H,10H2,1-4H3/t13-/m0/s1. The van der Waals surface area contributed by atoms with Gasteiger partial charge in [0, 0.05) is 29.1 Å². The molecule has 0 aliphatic rings. The Bertz CT molecular complexity index is 922. The predicted molar refractivity (Wildman–Crippen MR) is 106 cm³/mol. The number of amides is 1. The molecule has 0 aliphatic carbocycles. The molecule has 1 atom stereocenters. The summed E-state index contributed by atoms with van der Waals surface area (Å²) >= 11 is 3.15. The lowest BCUT2D eigenvalue weighted by Gasteiger charge is -2.21. The van der Waals surface area contributed by atoms with Crippen molar-refractivity contribution in [3.8, 4) is 5.75 Å². The van der Waals surface area contributed by atoms with Gasteiger partial charge in [0.05, 0.1) is 6.04 Å². The van der Waals surface area contributed by atoms with Gasteiger partial charge in [-0.3, -0.25) is 4.79 Å². The van der Waals surface area contributed by atoms with E-state index in [9.17, 15) is 4.79 Å². The Morgan fingerprint density at radius 2 is 2.19 bits per heavy atom. The SMILES string of the molecule is CSc1ccccc1OCc1cc(C(=O)N(C)[C@@H](C)c2nc(C)cs2)no1. The maximum Gasteiger partial charge on any atom is 0.276 e. The van der Waals surface area contributed by atoms with Crippen LogP contribution >= 0.6 is 23.1 Å². The molecule has 27 heavy (non-hydrogen) atoms. The molecular formula is C19H21N3O3S2. The predicted octanol–water partition coefficient (Wildman–Crippen LogP) is 4.57. The number of aryl methyl sites for hydroxylation is 1. The van der Waals surface area contributed by atoms with E-state index >= 15 is 0 Å². The summed E-state index contributed by atoms with van der Waals surface area (Å²) in [4.78, 5) is 19.8. The lowest BCUT2D eigenvalue weighted by molar-refractivity contribution is 0.0731. The van der Waals surface area contributed by atoms with Gasteiger partial charge >= 0.3 is 0 Å². The van der Waals surface area contributed by atoms with Gasteiger partial charge < -0.3 is 14.2 Å². The van der Waals surface area contributed by atoms with Crippen molar-refractivity contribution in [1.29, 1.82) is 0 Å². The minimum atomic E-state index is -0.213. The second kappa shape index (κ2) is 8.58. The molecule has 3 rings (SSSR count). The van der Waals surface area contributed by atoms with Crippen LogP contribution in [-0.4, -0.2) is 34.3 Å². The molecule has 2 heterocycles. The molecule has 1 aromatic carbocycles. The van der Waals surface area contributed by atoms with E-state index in [1.54, 1.807) is 41.1 Å². The van der Waals surface area contributed by atoms with E-state index in [2.05, 4.69) is 10.1 Å². The summed E-state index contributed by atoms with van der Waals surface area (Å²) in [5.41, 5.74) is 1.21. The molecule has 0 N–H and O–H groups in total. The van der Waals surface area contributed by atoms with Gasteiger partial charge in [-0.25, -0.2) is 4.98 Å². The fraction of sp³-hybridized carbons (Fsp3) is 0.316.